The van der Waals surface area contributed by atoms with Crippen molar-refractivity contribution >= 4 is 40.1 Å². The van der Waals surface area contributed by atoms with Crippen LogP contribution in [0.1, 0.15) is 6.92 Å². The van der Waals surface area contributed by atoms with Crippen LogP contribution in [-0.4, -0.2) is 6.61 Å². The summed E-state index contributed by atoms with van der Waals surface area (Å²) < 4.78 is 18.2. The van der Waals surface area contributed by atoms with Crippen LogP contribution in [0.5, 0.6) is 11.5 Å². The van der Waals surface area contributed by atoms with Crippen molar-refractivity contribution in [2.45, 2.75) is 6.92 Å². The van der Waals surface area contributed by atoms with Crippen LogP contribution in [-0.2, 0) is 16.3 Å². The lowest BCUT2D eigenvalue weighted by Gasteiger charge is -2.20. The Morgan fingerprint density at radius 3 is 1.70 bits per heavy atom. The van der Waals surface area contributed by atoms with Gasteiger partial charge in [0.15, 0.2) is 0 Å². The average molecular weight is 392 g/mol. The highest BCUT2D eigenvalue weighted by molar-refractivity contribution is 8.07. The second kappa shape index (κ2) is 6.35. The molecular weight excluding hydrogens is 375 g/mol. The van der Waals surface area contributed by atoms with Gasteiger partial charge >= 0.3 is 6.72 Å². The van der Waals surface area contributed by atoms with Gasteiger partial charge in [0, 0.05) is 22.9 Å². The highest BCUT2D eigenvalue weighted by atomic mass is 32.5. The number of fused-ring (bicyclic) bond motifs is 7. The first-order valence-electron chi connectivity index (χ1n) is 8.86. The van der Waals surface area contributed by atoms with E-state index in [4.69, 9.17) is 25.4 Å². The molecule has 0 amide bonds. The highest BCUT2D eigenvalue weighted by Crippen LogP contribution is 2.59. The molecule has 4 aromatic carbocycles. The summed E-state index contributed by atoms with van der Waals surface area (Å²) >= 11 is 5.68. The van der Waals surface area contributed by atoms with Crippen molar-refractivity contribution in [1.29, 1.82) is 0 Å². The minimum absolute atomic E-state index is 0.434. The maximum Gasteiger partial charge on any atom is 0.434 e. The molecular formula is C22H17O3PS. The van der Waals surface area contributed by atoms with Crippen LogP contribution in [0.4, 0.5) is 0 Å². The monoisotopic (exact) mass is 392 g/mol. The van der Waals surface area contributed by atoms with Gasteiger partial charge in [0.05, 0.1) is 6.61 Å². The first-order chi connectivity index (χ1) is 13.2. The van der Waals surface area contributed by atoms with Crippen LogP contribution >= 0.6 is 6.72 Å². The van der Waals surface area contributed by atoms with E-state index in [1.165, 1.54) is 0 Å². The number of rotatable bonds is 2. The molecule has 0 saturated carbocycles. The molecule has 1 aliphatic rings. The van der Waals surface area contributed by atoms with Crippen LogP contribution in [0.25, 0.3) is 32.7 Å². The zero-order chi connectivity index (χ0) is 18.4. The van der Waals surface area contributed by atoms with Crippen LogP contribution in [0.2, 0.25) is 0 Å². The Bertz CT molecular complexity index is 1140. The average Bonchev–Trinajstić information content (AvgIpc) is 2.81. The lowest BCUT2D eigenvalue weighted by molar-refractivity contribution is 0.279. The molecule has 5 heteroatoms. The molecule has 134 valence electrons. The molecule has 0 spiro atoms. The molecule has 27 heavy (non-hydrogen) atoms. The molecule has 0 unspecified atom stereocenters. The minimum atomic E-state index is -2.94. The third-order valence-corrected chi connectivity index (χ3v) is 6.92. The third-order valence-electron chi connectivity index (χ3n) is 4.74. The van der Waals surface area contributed by atoms with Gasteiger partial charge in [-0.05, 0) is 40.6 Å². The van der Waals surface area contributed by atoms with Gasteiger partial charge in [0.1, 0.15) is 11.5 Å². The maximum absolute atomic E-state index is 6.21. The van der Waals surface area contributed by atoms with Crippen molar-refractivity contribution in [2.24, 2.45) is 0 Å². The number of hydrogen-bond acceptors (Lipinski definition) is 4. The van der Waals surface area contributed by atoms with E-state index in [2.05, 4.69) is 36.4 Å². The van der Waals surface area contributed by atoms with Gasteiger partial charge in [-0.3, -0.25) is 4.52 Å². The summed E-state index contributed by atoms with van der Waals surface area (Å²) in [6.45, 7) is -0.613. The molecule has 0 radical (unpaired) electrons. The zero-order valence-electron chi connectivity index (χ0n) is 14.7. The van der Waals surface area contributed by atoms with Gasteiger partial charge in [-0.1, -0.05) is 60.7 Å². The topological polar surface area (TPSA) is 27.7 Å². The Kier molecular flexibility index (Phi) is 3.94. The lowest BCUT2D eigenvalue weighted by Crippen LogP contribution is -2.03. The van der Waals surface area contributed by atoms with Crippen molar-refractivity contribution in [3.05, 3.63) is 72.8 Å². The smallest absolute Gasteiger partial charge is 0.415 e. The van der Waals surface area contributed by atoms with Crippen LogP contribution in [0, 0.1) is 0 Å². The predicted molar refractivity (Wildman–Crippen MR) is 114 cm³/mol. The van der Waals surface area contributed by atoms with Gasteiger partial charge < -0.3 is 9.05 Å². The van der Waals surface area contributed by atoms with Gasteiger partial charge in [0.25, 0.3) is 0 Å². The second-order valence-corrected chi connectivity index (χ2v) is 9.23. The first kappa shape index (κ1) is 16.8. The molecule has 1 heterocycles. The second-order valence-electron chi connectivity index (χ2n) is 6.37. The molecule has 5 rings (SSSR count). The molecule has 0 atom stereocenters. The summed E-state index contributed by atoms with van der Waals surface area (Å²) in [6.07, 6.45) is 0. The standard InChI is InChI=1S/C22H17O3PS/c1-2-23-26(27)24-19-13-11-15-7-3-5-9-17(15)21(19)22-18-10-6-4-8-16(18)12-14-20(22)25-26/h3-14H,2H2,1H3. The van der Waals surface area contributed by atoms with E-state index >= 15 is 0 Å². The fourth-order valence-electron chi connectivity index (χ4n) is 3.64. The van der Waals surface area contributed by atoms with E-state index in [9.17, 15) is 0 Å². The van der Waals surface area contributed by atoms with Crippen LogP contribution in [0.15, 0.2) is 72.8 Å². The SMILES string of the molecule is CCOP1(=S)Oc2ccc3ccccc3c2-c2c(ccc3ccccc23)O1. The van der Waals surface area contributed by atoms with Gasteiger partial charge in [-0.2, -0.15) is 0 Å². The molecule has 0 N–H and O–H groups in total. The Labute approximate surface area is 162 Å². The largest absolute Gasteiger partial charge is 0.434 e. The Morgan fingerprint density at radius 2 is 1.22 bits per heavy atom. The Hall–Kier alpha value is -2.39. The summed E-state index contributed by atoms with van der Waals surface area (Å²) in [5.41, 5.74) is 2.01. The molecule has 3 nitrogen and oxygen atoms in total. The van der Waals surface area contributed by atoms with E-state index in [1.54, 1.807) is 0 Å². The molecule has 0 fully saturated rings. The van der Waals surface area contributed by atoms with Gasteiger partial charge in [0.2, 0.25) is 0 Å². The van der Waals surface area contributed by atoms with Crippen molar-refractivity contribution < 1.29 is 13.6 Å². The van der Waals surface area contributed by atoms with Crippen LogP contribution < -0.4 is 9.05 Å². The van der Waals surface area contributed by atoms with E-state index < -0.39 is 6.72 Å². The number of hydrogen-bond donors (Lipinski definition) is 0. The fraction of sp³-hybridized carbons (Fsp3) is 0.0909. The Morgan fingerprint density at radius 1 is 0.741 bits per heavy atom. The highest BCUT2D eigenvalue weighted by Gasteiger charge is 2.32. The van der Waals surface area contributed by atoms with Crippen molar-refractivity contribution in [3.8, 4) is 22.6 Å². The van der Waals surface area contributed by atoms with E-state index in [0.29, 0.717) is 18.1 Å². The maximum atomic E-state index is 6.21. The quantitative estimate of drug-likeness (QED) is 0.355. The molecule has 1 aliphatic heterocycles. The fourth-order valence-corrected chi connectivity index (χ4v) is 5.68. The first-order valence-corrected chi connectivity index (χ1v) is 11.4. The summed E-state index contributed by atoms with van der Waals surface area (Å²) in [7, 11) is 0. The minimum Gasteiger partial charge on any atom is -0.415 e. The molecule has 0 aromatic heterocycles. The van der Waals surface area contributed by atoms with Crippen molar-refractivity contribution in [1.82, 2.24) is 0 Å². The molecule has 0 bridgehead atoms. The van der Waals surface area contributed by atoms with E-state index in [0.717, 1.165) is 32.7 Å². The van der Waals surface area contributed by atoms with E-state index in [1.807, 2.05) is 43.3 Å². The lowest BCUT2D eigenvalue weighted by atomic mass is 9.92. The molecule has 4 aromatic rings. The van der Waals surface area contributed by atoms with E-state index in [-0.39, 0.29) is 0 Å². The Balaban J connectivity index is 1.95. The summed E-state index contributed by atoms with van der Waals surface area (Å²) in [4.78, 5) is 0. The zero-order valence-corrected chi connectivity index (χ0v) is 16.4. The molecule has 0 aliphatic carbocycles. The number of benzene rings is 4. The third kappa shape index (κ3) is 2.72. The van der Waals surface area contributed by atoms with Crippen molar-refractivity contribution in [3.63, 3.8) is 0 Å². The van der Waals surface area contributed by atoms with Gasteiger partial charge in [-0.25, -0.2) is 0 Å². The normalized spacial score (nSPS) is 14.7. The molecule has 0 saturated heterocycles. The van der Waals surface area contributed by atoms with Crippen molar-refractivity contribution in [2.75, 3.05) is 6.61 Å². The summed E-state index contributed by atoms with van der Waals surface area (Å²) in [5, 5.41) is 4.50. The van der Waals surface area contributed by atoms with Crippen LogP contribution in [0.3, 0.4) is 0 Å². The summed E-state index contributed by atoms with van der Waals surface area (Å²) in [6, 6.07) is 24.6. The predicted octanol–water partition coefficient (Wildman–Crippen LogP) is 6.69. The summed E-state index contributed by atoms with van der Waals surface area (Å²) in [5.74, 6) is 1.42. The van der Waals surface area contributed by atoms with Gasteiger partial charge in [-0.15, -0.1) is 0 Å².